The number of carbonyl (C=O) groups excluding carboxylic acids is 1. The van der Waals surface area contributed by atoms with Gasteiger partial charge in [-0.3, -0.25) is 4.90 Å². The molecular weight excluding hydrogens is 326 g/mol. The molecule has 0 aromatic heterocycles. The summed E-state index contributed by atoms with van der Waals surface area (Å²) in [5, 5.41) is 2.99. The number of benzene rings is 2. The molecule has 2 aliphatic rings. The van der Waals surface area contributed by atoms with Gasteiger partial charge in [0, 0.05) is 32.2 Å². The summed E-state index contributed by atoms with van der Waals surface area (Å²) in [7, 11) is 1.62. The summed E-state index contributed by atoms with van der Waals surface area (Å²) in [6.45, 7) is 3.64. The lowest BCUT2D eigenvalue weighted by atomic mass is 9.98. The average molecular weight is 351 g/mol. The summed E-state index contributed by atoms with van der Waals surface area (Å²) in [5.74, 6) is 0.684. The number of fused-ring (bicyclic) bond motifs is 1. The van der Waals surface area contributed by atoms with Gasteiger partial charge >= 0.3 is 6.03 Å². The summed E-state index contributed by atoms with van der Waals surface area (Å²) >= 11 is 0. The molecule has 1 atom stereocenters. The molecule has 4 rings (SSSR count). The fourth-order valence-corrected chi connectivity index (χ4v) is 4.00. The van der Waals surface area contributed by atoms with Crippen molar-refractivity contribution in [1.29, 1.82) is 0 Å². The highest BCUT2D eigenvalue weighted by Crippen LogP contribution is 2.26. The van der Waals surface area contributed by atoms with E-state index in [0.29, 0.717) is 11.8 Å². The van der Waals surface area contributed by atoms with E-state index in [1.165, 1.54) is 11.1 Å². The molecule has 2 aliphatic heterocycles. The summed E-state index contributed by atoms with van der Waals surface area (Å²) in [6.07, 6.45) is 2.13. The monoisotopic (exact) mass is 351 g/mol. The second-order valence-corrected chi connectivity index (χ2v) is 7.01. The van der Waals surface area contributed by atoms with Gasteiger partial charge in [-0.25, -0.2) is 4.79 Å². The molecule has 2 aromatic rings. The maximum atomic E-state index is 12.7. The SMILES string of the molecule is COc1ccccc1NC(=O)N1CCC(N2CCc3ccccc3C2)C1. The Labute approximate surface area is 154 Å². The Morgan fingerprint density at radius 3 is 2.69 bits per heavy atom. The Bertz CT molecular complexity index is 792. The molecule has 26 heavy (non-hydrogen) atoms. The van der Waals surface area contributed by atoms with E-state index < -0.39 is 0 Å². The molecule has 5 heteroatoms. The van der Waals surface area contributed by atoms with Crippen LogP contribution < -0.4 is 10.1 Å². The minimum atomic E-state index is -0.0468. The van der Waals surface area contributed by atoms with Gasteiger partial charge in [0.05, 0.1) is 12.8 Å². The van der Waals surface area contributed by atoms with Crippen LogP contribution in [0.2, 0.25) is 0 Å². The summed E-state index contributed by atoms with van der Waals surface area (Å²) < 4.78 is 5.32. The number of hydrogen-bond acceptors (Lipinski definition) is 3. The van der Waals surface area contributed by atoms with Crippen LogP contribution in [0.25, 0.3) is 0 Å². The van der Waals surface area contributed by atoms with Gasteiger partial charge < -0.3 is 15.0 Å². The average Bonchev–Trinajstić information content (AvgIpc) is 3.18. The lowest BCUT2D eigenvalue weighted by Crippen LogP contribution is -2.42. The van der Waals surface area contributed by atoms with E-state index in [2.05, 4.69) is 34.5 Å². The maximum Gasteiger partial charge on any atom is 0.322 e. The van der Waals surface area contributed by atoms with Gasteiger partial charge in [-0.1, -0.05) is 36.4 Å². The zero-order chi connectivity index (χ0) is 17.9. The van der Waals surface area contributed by atoms with Gasteiger partial charge in [0.2, 0.25) is 0 Å². The van der Waals surface area contributed by atoms with Crippen LogP contribution in [0.5, 0.6) is 5.75 Å². The topological polar surface area (TPSA) is 44.8 Å². The molecule has 1 saturated heterocycles. The van der Waals surface area contributed by atoms with Gasteiger partial charge in [-0.2, -0.15) is 0 Å². The van der Waals surface area contributed by atoms with Gasteiger partial charge in [-0.05, 0) is 36.1 Å². The Morgan fingerprint density at radius 1 is 1.08 bits per heavy atom. The minimum absolute atomic E-state index is 0.0468. The number of urea groups is 1. The predicted molar refractivity (Wildman–Crippen MR) is 103 cm³/mol. The highest BCUT2D eigenvalue weighted by molar-refractivity contribution is 5.91. The van der Waals surface area contributed by atoms with Crippen molar-refractivity contribution in [3.8, 4) is 5.75 Å². The van der Waals surface area contributed by atoms with Crippen LogP contribution in [-0.4, -0.2) is 48.6 Å². The van der Waals surface area contributed by atoms with Crippen molar-refractivity contribution >= 4 is 11.7 Å². The molecule has 0 aliphatic carbocycles. The third-order valence-corrected chi connectivity index (χ3v) is 5.48. The van der Waals surface area contributed by atoms with Crippen LogP contribution in [-0.2, 0) is 13.0 Å². The van der Waals surface area contributed by atoms with Crippen LogP contribution in [0.1, 0.15) is 17.5 Å². The van der Waals surface area contributed by atoms with Crippen LogP contribution in [0.3, 0.4) is 0 Å². The smallest absolute Gasteiger partial charge is 0.322 e. The van der Waals surface area contributed by atoms with Crippen molar-refractivity contribution in [2.24, 2.45) is 0 Å². The lowest BCUT2D eigenvalue weighted by molar-refractivity contribution is 0.177. The largest absolute Gasteiger partial charge is 0.495 e. The van der Waals surface area contributed by atoms with E-state index in [1.807, 2.05) is 29.2 Å². The number of amides is 2. The fraction of sp³-hybridized carbons (Fsp3) is 0.381. The molecule has 0 radical (unpaired) electrons. The van der Waals surface area contributed by atoms with Crippen LogP contribution in [0, 0.1) is 0 Å². The first-order chi connectivity index (χ1) is 12.7. The number of nitrogens with one attached hydrogen (secondary N) is 1. The normalized spacial score (nSPS) is 19.9. The standard InChI is InChI=1S/C21H25N3O2/c1-26-20-9-5-4-8-19(20)22-21(25)24-13-11-18(15-24)23-12-10-16-6-2-3-7-17(16)14-23/h2-9,18H,10-15H2,1H3,(H,22,25). The summed E-state index contributed by atoms with van der Waals surface area (Å²) in [6, 6.07) is 16.6. The molecular formula is C21H25N3O2. The molecule has 136 valence electrons. The van der Waals surface area contributed by atoms with Crippen molar-refractivity contribution in [3.63, 3.8) is 0 Å². The van der Waals surface area contributed by atoms with Gasteiger partial charge in [0.25, 0.3) is 0 Å². The number of likely N-dealkylation sites (tertiary alicyclic amines) is 1. The number of rotatable bonds is 3. The van der Waals surface area contributed by atoms with E-state index in [4.69, 9.17) is 4.74 Å². The highest BCUT2D eigenvalue weighted by atomic mass is 16.5. The third-order valence-electron chi connectivity index (χ3n) is 5.48. The van der Waals surface area contributed by atoms with E-state index in [-0.39, 0.29) is 6.03 Å². The second-order valence-electron chi connectivity index (χ2n) is 7.01. The number of hydrogen-bond donors (Lipinski definition) is 1. The highest BCUT2D eigenvalue weighted by Gasteiger charge is 2.32. The molecule has 0 saturated carbocycles. The maximum absolute atomic E-state index is 12.7. The molecule has 0 spiro atoms. The quantitative estimate of drug-likeness (QED) is 0.922. The van der Waals surface area contributed by atoms with E-state index in [9.17, 15) is 4.79 Å². The van der Waals surface area contributed by atoms with Gasteiger partial charge in [0.1, 0.15) is 5.75 Å². The molecule has 2 aromatic carbocycles. The first-order valence-electron chi connectivity index (χ1n) is 9.24. The van der Waals surface area contributed by atoms with Crippen molar-refractivity contribution in [3.05, 3.63) is 59.7 Å². The molecule has 0 bridgehead atoms. The number of ether oxygens (including phenoxy) is 1. The molecule has 5 nitrogen and oxygen atoms in total. The van der Waals surface area contributed by atoms with E-state index >= 15 is 0 Å². The number of anilines is 1. The fourth-order valence-electron chi connectivity index (χ4n) is 4.00. The van der Waals surface area contributed by atoms with E-state index in [0.717, 1.165) is 44.7 Å². The van der Waals surface area contributed by atoms with Crippen LogP contribution in [0.4, 0.5) is 10.5 Å². The van der Waals surface area contributed by atoms with Gasteiger partial charge in [0.15, 0.2) is 0 Å². The minimum Gasteiger partial charge on any atom is -0.495 e. The van der Waals surface area contributed by atoms with Crippen molar-refractivity contribution in [2.75, 3.05) is 32.1 Å². The first kappa shape index (κ1) is 16.9. The summed E-state index contributed by atoms with van der Waals surface area (Å²) in [4.78, 5) is 17.1. The number of methoxy groups -OCH3 is 1. The Balaban J connectivity index is 1.37. The third kappa shape index (κ3) is 3.40. The van der Waals surface area contributed by atoms with Crippen molar-refractivity contribution < 1.29 is 9.53 Å². The Kier molecular flexibility index (Phi) is 4.80. The lowest BCUT2D eigenvalue weighted by Gasteiger charge is -2.33. The molecule has 1 unspecified atom stereocenters. The van der Waals surface area contributed by atoms with Crippen molar-refractivity contribution in [1.82, 2.24) is 9.80 Å². The number of para-hydroxylation sites is 2. The number of nitrogens with zero attached hydrogens (tertiary/aromatic N) is 2. The van der Waals surface area contributed by atoms with Crippen LogP contribution in [0.15, 0.2) is 48.5 Å². The zero-order valence-electron chi connectivity index (χ0n) is 15.1. The van der Waals surface area contributed by atoms with Crippen molar-refractivity contribution in [2.45, 2.75) is 25.4 Å². The molecule has 1 fully saturated rings. The Hall–Kier alpha value is -2.53. The van der Waals surface area contributed by atoms with Crippen LogP contribution >= 0.6 is 0 Å². The van der Waals surface area contributed by atoms with E-state index in [1.54, 1.807) is 7.11 Å². The Morgan fingerprint density at radius 2 is 1.85 bits per heavy atom. The predicted octanol–water partition coefficient (Wildman–Crippen LogP) is 3.36. The molecule has 1 N–H and O–H groups in total. The number of carbonyl (C=O) groups is 1. The molecule has 2 heterocycles. The zero-order valence-corrected chi connectivity index (χ0v) is 15.1. The summed E-state index contributed by atoms with van der Waals surface area (Å²) in [5.41, 5.74) is 3.61. The van der Waals surface area contributed by atoms with Gasteiger partial charge in [-0.15, -0.1) is 0 Å². The second kappa shape index (κ2) is 7.38. The molecule has 2 amide bonds. The first-order valence-corrected chi connectivity index (χ1v) is 9.24.